The van der Waals surface area contributed by atoms with Gasteiger partial charge in [-0.3, -0.25) is 4.79 Å². The van der Waals surface area contributed by atoms with Gasteiger partial charge < -0.3 is 10.1 Å². The van der Waals surface area contributed by atoms with Crippen LogP contribution in [0.25, 0.3) is 0 Å². The molecule has 0 saturated carbocycles. The first-order valence-electron chi connectivity index (χ1n) is 6.90. The molecular weight excluding hydrogens is 238 g/mol. The number of methoxy groups -OCH3 is 1. The Labute approximate surface area is 116 Å². The molecule has 1 rings (SSSR count). The van der Waals surface area contributed by atoms with Crippen molar-refractivity contribution in [1.29, 1.82) is 0 Å². The van der Waals surface area contributed by atoms with Crippen molar-refractivity contribution in [3.63, 3.8) is 0 Å². The van der Waals surface area contributed by atoms with E-state index in [2.05, 4.69) is 5.32 Å². The summed E-state index contributed by atoms with van der Waals surface area (Å²) in [4.78, 5) is 12.6. The average molecular weight is 263 g/mol. The lowest BCUT2D eigenvalue weighted by molar-refractivity contribution is 0.0940. The van der Waals surface area contributed by atoms with E-state index in [9.17, 15) is 4.79 Å². The predicted molar refractivity (Wildman–Crippen MR) is 79.3 cm³/mol. The van der Waals surface area contributed by atoms with E-state index in [4.69, 9.17) is 4.74 Å². The monoisotopic (exact) mass is 263 g/mol. The highest BCUT2D eigenvalue weighted by atomic mass is 16.5. The summed E-state index contributed by atoms with van der Waals surface area (Å²) in [5, 5.41) is 3.24. The molecule has 0 bridgehead atoms. The fourth-order valence-electron chi connectivity index (χ4n) is 2.48. The molecule has 1 atom stereocenters. The molecule has 0 heterocycles. The second kappa shape index (κ2) is 6.71. The maximum Gasteiger partial charge on any atom is 0.180 e. The number of likely N-dealkylation sites (N-methyl/N-ethyl adjacent to an activating group) is 1. The molecule has 0 aliphatic carbocycles. The molecule has 0 aromatic heterocycles. The Morgan fingerprint density at radius 2 is 1.89 bits per heavy atom. The molecule has 0 aliphatic rings. The van der Waals surface area contributed by atoms with Crippen LogP contribution in [0.5, 0.6) is 5.75 Å². The Balaban J connectivity index is 3.24. The molecule has 3 nitrogen and oxygen atoms in total. The highest BCUT2D eigenvalue weighted by molar-refractivity contribution is 6.02. The first kappa shape index (κ1) is 15.7. The van der Waals surface area contributed by atoms with Crippen molar-refractivity contribution >= 4 is 5.78 Å². The Bertz CT molecular complexity index is 466. The molecule has 19 heavy (non-hydrogen) atoms. The number of nitrogens with one attached hydrogen (secondary N) is 1. The highest BCUT2D eigenvalue weighted by Gasteiger charge is 2.21. The summed E-state index contributed by atoms with van der Waals surface area (Å²) < 4.78 is 5.40. The van der Waals surface area contributed by atoms with Crippen molar-refractivity contribution in [3.05, 3.63) is 28.3 Å². The van der Waals surface area contributed by atoms with Crippen molar-refractivity contribution < 1.29 is 9.53 Å². The topological polar surface area (TPSA) is 38.3 Å². The van der Waals surface area contributed by atoms with E-state index in [0.29, 0.717) is 0 Å². The molecule has 1 unspecified atom stereocenters. The zero-order chi connectivity index (χ0) is 14.6. The quantitative estimate of drug-likeness (QED) is 0.801. The summed E-state index contributed by atoms with van der Waals surface area (Å²) in [7, 11) is 1.67. The summed E-state index contributed by atoms with van der Waals surface area (Å²) in [5.74, 6) is 1.06. The molecule has 0 aliphatic heterocycles. The molecule has 3 heteroatoms. The van der Waals surface area contributed by atoms with E-state index >= 15 is 0 Å². The number of rotatable bonds is 6. The standard InChI is InChI=1S/C16H25NO2/c1-7-14(17-8-2)15(18)13-9-10(3)16(19-6)12(5)11(13)4/h9,14,17H,7-8H2,1-6H3. The number of benzene rings is 1. The highest BCUT2D eigenvalue weighted by Crippen LogP contribution is 2.29. The summed E-state index contributed by atoms with van der Waals surface area (Å²) in [5.41, 5.74) is 3.89. The van der Waals surface area contributed by atoms with Gasteiger partial charge in [-0.1, -0.05) is 13.8 Å². The van der Waals surface area contributed by atoms with Gasteiger partial charge in [0.25, 0.3) is 0 Å². The van der Waals surface area contributed by atoms with Gasteiger partial charge in [0.2, 0.25) is 0 Å². The van der Waals surface area contributed by atoms with Crippen LogP contribution in [0.2, 0.25) is 0 Å². The third-order valence-electron chi connectivity index (χ3n) is 3.67. The van der Waals surface area contributed by atoms with Crippen LogP contribution >= 0.6 is 0 Å². The van der Waals surface area contributed by atoms with Gasteiger partial charge in [-0.05, 0) is 56.5 Å². The van der Waals surface area contributed by atoms with E-state index in [-0.39, 0.29) is 11.8 Å². The maximum atomic E-state index is 12.6. The Morgan fingerprint density at radius 1 is 1.26 bits per heavy atom. The second-order valence-corrected chi connectivity index (χ2v) is 4.91. The van der Waals surface area contributed by atoms with Crippen LogP contribution in [-0.2, 0) is 0 Å². The zero-order valence-electron chi connectivity index (χ0n) is 12.9. The molecule has 0 fully saturated rings. The molecule has 0 spiro atoms. The lowest BCUT2D eigenvalue weighted by atomic mass is 9.92. The van der Waals surface area contributed by atoms with Gasteiger partial charge in [0.1, 0.15) is 5.75 Å². The Morgan fingerprint density at radius 3 is 2.37 bits per heavy atom. The molecule has 1 aromatic rings. The van der Waals surface area contributed by atoms with Crippen LogP contribution in [0.3, 0.4) is 0 Å². The van der Waals surface area contributed by atoms with Crippen LogP contribution < -0.4 is 10.1 Å². The Hall–Kier alpha value is -1.35. The van der Waals surface area contributed by atoms with Crippen molar-refractivity contribution in [3.8, 4) is 5.75 Å². The molecule has 106 valence electrons. The van der Waals surface area contributed by atoms with E-state index in [1.165, 1.54) is 0 Å². The average Bonchev–Trinajstić information content (AvgIpc) is 2.40. The SMILES string of the molecule is CCNC(CC)C(=O)c1cc(C)c(OC)c(C)c1C. The molecule has 1 aromatic carbocycles. The normalized spacial score (nSPS) is 12.3. The van der Waals surface area contributed by atoms with Gasteiger partial charge in [-0.2, -0.15) is 0 Å². The number of carbonyl (C=O) groups is 1. The van der Waals surface area contributed by atoms with Crippen LogP contribution in [0.15, 0.2) is 6.07 Å². The first-order chi connectivity index (χ1) is 8.97. The lowest BCUT2D eigenvalue weighted by Crippen LogP contribution is -2.36. The summed E-state index contributed by atoms with van der Waals surface area (Å²) in [6.07, 6.45) is 0.802. The number of carbonyl (C=O) groups excluding carboxylic acids is 1. The maximum absolute atomic E-state index is 12.6. The molecule has 0 radical (unpaired) electrons. The van der Waals surface area contributed by atoms with Gasteiger partial charge >= 0.3 is 0 Å². The minimum absolute atomic E-state index is 0.101. The number of Topliss-reactive ketones (excluding diaryl/α,β-unsaturated/α-hetero) is 1. The van der Waals surface area contributed by atoms with Gasteiger partial charge in [0.05, 0.1) is 13.2 Å². The van der Waals surface area contributed by atoms with Gasteiger partial charge in [-0.25, -0.2) is 0 Å². The fraction of sp³-hybridized carbons (Fsp3) is 0.562. The van der Waals surface area contributed by atoms with Crippen molar-refractivity contribution in [2.75, 3.05) is 13.7 Å². The smallest absolute Gasteiger partial charge is 0.180 e. The Kier molecular flexibility index (Phi) is 5.55. The van der Waals surface area contributed by atoms with E-state index in [1.54, 1.807) is 7.11 Å². The summed E-state index contributed by atoms with van der Waals surface area (Å²) >= 11 is 0. The van der Waals surface area contributed by atoms with Crippen molar-refractivity contribution in [2.24, 2.45) is 0 Å². The fourth-order valence-corrected chi connectivity index (χ4v) is 2.48. The number of ketones is 1. The van der Waals surface area contributed by atoms with E-state index < -0.39 is 0 Å². The predicted octanol–water partition coefficient (Wildman–Crippen LogP) is 3.19. The minimum Gasteiger partial charge on any atom is -0.496 e. The zero-order valence-corrected chi connectivity index (χ0v) is 12.9. The summed E-state index contributed by atoms with van der Waals surface area (Å²) in [6, 6.07) is 1.85. The number of aryl methyl sites for hydroxylation is 1. The van der Waals surface area contributed by atoms with Crippen molar-refractivity contribution in [1.82, 2.24) is 5.32 Å². The van der Waals surface area contributed by atoms with Gasteiger partial charge in [0.15, 0.2) is 5.78 Å². The first-order valence-corrected chi connectivity index (χ1v) is 6.90. The number of hydrogen-bond acceptors (Lipinski definition) is 3. The summed E-state index contributed by atoms with van der Waals surface area (Å²) in [6.45, 7) is 10.8. The number of ether oxygens (including phenoxy) is 1. The van der Waals surface area contributed by atoms with E-state index in [0.717, 1.165) is 41.0 Å². The third kappa shape index (κ3) is 3.16. The molecular formula is C16H25NO2. The van der Waals surface area contributed by atoms with Crippen LogP contribution in [0.4, 0.5) is 0 Å². The molecule has 1 N–H and O–H groups in total. The molecule has 0 saturated heterocycles. The second-order valence-electron chi connectivity index (χ2n) is 4.91. The lowest BCUT2D eigenvalue weighted by Gasteiger charge is -2.19. The van der Waals surface area contributed by atoms with Crippen LogP contribution in [0, 0.1) is 20.8 Å². The van der Waals surface area contributed by atoms with E-state index in [1.807, 2.05) is 40.7 Å². The number of hydrogen-bond donors (Lipinski definition) is 1. The van der Waals surface area contributed by atoms with Gasteiger partial charge in [0, 0.05) is 5.56 Å². The van der Waals surface area contributed by atoms with Crippen LogP contribution in [0.1, 0.15) is 47.3 Å². The third-order valence-corrected chi connectivity index (χ3v) is 3.67. The minimum atomic E-state index is -0.101. The molecule has 0 amide bonds. The van der Waals surface area contributed by atoms with Crippen molar-refractivity contribution in [2.45, 2.75) is 47.1 Å². The largest absolute Gasteiger partial charge is 0.496 e. The van der Waals surface area contributed by atoms with Gasteiger partial charge in [-0.15, -0.1) is 0 Å². The van der Waals surface area contributed by atoms with Crippen LogP contribution in [-0.4, -0.2) is 25.5 Å².